The molecule has 1 nitrogen and oxygen atoms in total. The van der Waals surface area contributed by atoms with Crippen LogP contribution in [0.4, 0.5) is 0 Å². The van der Waals surface area contributed by atoms with Crippen molar-refractivity contribution in [2.75, 3.05) is 12.2 Å². The van der Waals surface area contributed by atoms with Crippen LogP contribution in [0.15, 0.2) is 43.0 Å². The van der Waals surface area contributed by atoms with Gasteiger partial charge in [-0.05, 0) is 18.2 Å². The number of thioether (sulfide) groups is 1. The highest BCUT2D eigenvalue weighted by molar-refractivity contribution is 7.98. The van der Waals surface area contributed by atoms with Crippen LogP contribution in [0.25, 0.3) is 0 Å². The van der Waals surface area contributed by atoms with Crippen LogP contribution in [-0.2, 0) is 4.74 Å². The van der Waals surface area contributed by atoms with Gasteiger partial charge < -0.3 is 4.74 Å². The zero-order chi connectivity index (χ0) is 10.2. The molecule has 1 atom stereocenters. The van der Waals surface area contributed by atoms with Gasteiger partial charge in [0.2, 0.25) is 0 Å². The van der Waals surface area contributed by atoms with Crippen molar-refractivity contribution >= 4 is 11.8 Å². The van der Waals surface area contributed by atoms with Gasteiger partial charge in [0.15, 0.2) is 0 Å². The molecule has 76 valence electrons. The third-order valence-corrected chi connectivity index (χ3v) is 2.31. The molecule has 0 aliphatic carbocycles. The van der Waals surface area contributed by atoms with Crippen LogP contribution >= 0.6 is 11.8 Å². The van der Waals surface area contributed by atoms with Crippen LogP contribution in [0.5, 0.6) is 0 Å². The van der Waals surface area contributed by atoms with E-state index < -0.39 is 0 Å². The van der Waals surface area contributed by atoms with E-state index in [2.05, 4.69) is 18.7 Å². The Kier molecular flexibility index (Phi) is 5.42. The van der Waals surface area contributed by atoms with Crippen molar-refractivity contribution in [2.24, 2.45) is 0 Å². The summed E-state index contributed by atoms with van der Waals surface area (Å²) in [7, 11) is 0. The van der Waals surface area contributed by atoms with Gasteiger partial charge in [0.1, 0.15) is 0 Å². The van der Waals surface area contributed by atoms with Crippen molar-refractivity contribution in [1.82, 2.24) is 0 Å². The Morgan fingerprint density at radius 2 is 2.14 bits per heavy atom. The molecule has 0 bridgehead atoms. The highest BCUT2D eigenvalue weighted by Crippen LogP contribution is 2.22. The summed E-state index contributed by atoms with van der Waals surface area (Å²) in [6.07, 6.45) is 4.96. The SMILES string of the molecule is C=CCC(OCSC)c1ccccc1. The summed E-state index contributed by atoms with van der Waals surface area (Å²) in [6.45, 7) is 3.75. The van der Waals surface area contributed by atoms with E-state index in [0.717, 1.165) is 12.4 Å². The Balaban J connectivity index is 2.62. The predicted octanol–water partition coefficient (Wildman–Crippen LogP) is 3.64. The molecule has 0 spiro atoms. The van der Waals surface area contributed by atoms with E-state index >= 15 is 0 Å². The van der Waals surface area contributed by atoms with Crippen molar-refractivity contribution in [2.45, 2.75) is 12.5 Å². The Labute approximate surface area is 90.2 Å². The van der Waals surface area contributed by atoms with Gasteiger partial charge >= 0.3 is 0 Å². The first-order valence-electron chi connectivity index (χ1n) is 4.65. The number of hydrogen-bond acceptors (Lipinski definition) is 2. The lowest BCUT2D eigenvalue weighted by Crippen LogP contribution is -2.02. The molecule has 0 aliphatic heterocycles. The molecule has 0 N–H and O–H groups in total. The second-order valence-corrected chi connectivity index (χ2v) is 3.81. The highest BCUT2D eigenvalue weighted by Gasteiger charge is 2.08. The zero-order valence-corrected chi connectivity index (χ0v) is 9.30. The molecule has 2 heteroatoms. The lowest BCUT2D eigenvalue weighted by Gasteiger charge is -2.15. The van der Waals surface area contributed by atoms with Gasteiger partial charge in [-0.15, -0.1) is 18.3 Å². The van der Waals surface area contributed by atoms with Gasteiger partial charge in [-0.2, -0.15) is 0 Å². The predicted molar refractivity (Wildman–Crippen MR) is 63.5 cm³/mol. The third-order valence-electron chi connectivity index (χ3n) is 1.94. The fourth-order valence-corrected chi connectivity index (χ4v) is 1.57. The molecule has 0 aromatic heterocycles. The van der Waals surface area contributed by atoms with Crippen molar-refractivity contribution in [3.63, 3.8) is 0 Å². The Bertz CT molecular complexity index is 258. The summed E-state index contributed by atoms with van der Waals surface area (Å²) < 4.78 is 5.71. The van der Waals surface area contributed by atoms with Crippen LogP contribution < -0.4 is 0 Å². The lowest BCUT2D eigenvalue weighted by atomic mass is 10.1. The minimum atomic E-state index is 0.154. The third kappa shape index (κ3) is 3.56. The first-order chi connectivity index (χ1) is 6.88. The quantitative estimate of drug-likeness (QED) is 0.521. The molecule has 0 saturated heterocycles. The maximum atomic E-state index is 5.71. The topological polar surface area (TPSA) is 9.23 Å². The summed E-state index contributed by atoms with van der Waals surface area (Å²) in [6, 6.07) is 10.3. The highest BCUT2D eigenvalue weighted by atomic mass is 32.2. The average Bonchev–Trinajstić information content (AvgIpc) is 2.25. The number of rotatable bonds is 6. The van der Waals surface area contributed by atoms with Crippen molar-refractivity contribution in [1.29, 1.82) is 0 Å². The molecule has 1 aromatic carbocycles. The van der Waals surface area contributed by atoms with Crippen molar-refractivity contribution in [3.8, 4) is 0 Å². The van der Waals surface area contributed by atoms with Crippen LogP contribution in [0.2, 0.25) is 0 Å². The number of ether oxygens (including phenoxy) is 1. The molecule has 1 unspecified atom stereocenters. The van der Waals surface area contributed by atoms with Gasteiger partial charge in [-0.25, -0.2) is 0 Å². The second kappa shape index (κ2) is 6.68. The maximum Gasteiger partial charge on any atom is 0.0926 e. The van der Waals surface area contributed by atoms with Crippen molar-refractivity contribution < 1.29 is 4.74 Å². The second-order valence-electron chi connectivity index (χ2n) is 3.00. The Morgan fingerprint density at radius 1 is 1.43 bits per heavy atom. The number of benzene rings is 1. The summed E-state index contributed by atoms with van der Waals surface area (Å²) in [4.78, 5) is 0. The van der Waals surface area contributed by atoms with Gasteiger partial charge in [0.05, 0.1) is 12.0 Å². The van der Waals surface area contributed by atoms with Gasteiger partial charge in [0, 0.05) is 0 Å². The van der Waals surface area contributed by atoms with Gasteiger partial charge in [-0.3, -0.25) is 0 Å². The van der Waals surface area contributed by atoms with Crippen LogP contribution in [0.1, 0.15) is 18.1 Å². The fourth-order valence-electron chi connectivity index (χ4n) is 1.27. The molecule has 0 aliphatic rings. The smallest absolute Gasteiger partial charge is 0.0926 e. The largest absolute Gasteiger partial charge is 0.363 e. The fraction of sp³-hybridized carbons (Fsp3) is 0.333. The summed E-state index contributed by atoms with van der Waals surface area (Å²) >= 11 is 1.69. The normalized spacial score (nSPS) is 12.4. The van der Waals surface area contributed by atoms with E-state index in [9.17, 15) is 0 Å². The van der Waals surface area contributed by atoms with Crippen LogP contribution in [0.3, 0.4) is 0 Å². The Morgan fingerprint density at radius 3 is 2.71 bits per heavy atom. The van der Waals surface area contributed by atoms with E-state index in [0.29, 0.717) is 0 Å². The summed E-state index contributed by atoms with van der Waals surface area (Å²) in [5.74, 6) is 0.730. The molecule has 0 amide bonds. The van der Waals surface area contributed by atoms with E-state index in [-0.39, 0.29) is 6.10 Å². The first-order valence-corrected chi connectivity index (χ1v) is 6.04. The van der Waals surface area contributed by atoms with Crippen LogP contribution in [-0.4, -0.2) is 12.2 Å². The van der Waals surface area contributed by atoms with Gasteiger partial charge in [-0.1, -0.05) is 36.4 Å². The maximum absolute atomic E-state index is 5.71. The molecular weight excluding hydrogens is 192 g/mol. The summed E-state index contributed by atoms with van der Waals surface area (Å²) in [5.41, 5.74) is 1.22. The molecular formula is C12H16OS. The standard InChI is InChI=1S/C12H16OS/c1-3-7-12(13-10-14-2)11-8-5-4-6-9-11/h3-6,8-9,12H,1,7,10H2,2H3. The van der Waals surface area contributed by atoms with Crippen molar-refractivity contribution in [3.05, 3.63) is 48.6 Å². The Hall–Kier alpha value is -0.730. The minimum Gasteiger partial charge on any atom is -0.363 e. The van der Waals surface area contributed by atoms with E-state index in [4.69, 9.17) is 4.74 Å². The molecule has 0 saturated carbocycles. The monoisotopic (exact) mass is 208 g/mol. The summed E-state index contributed by atoms with van der Waals surface area (Å²) in [5, 5.41) is 0. The molecule has 0 radical (unpaired) electrons. The molecule has 0 fully saturated rings. The van der Waals surface area contributed by atoms with Gasteiger partial charge in [0.25, 0.3) is 0 Å². The van der Waals surface area contributed by atoms with E-state index in [1.807, 2.05) is 30.5 Å². The minimum absolute atomic E-state index is 0.154. The molecule has 0 heterocycles. The lowest BCUT2D eigenvalue weighted by molar-refractivity contribution is 0.0932. The zero-order valence-electron chi connectivity index (χ0n) is 8.48. The molecule has 14 heavy (non-hydrogen) atoms. The van der Waals surface area contributed by atoms with E-state index in [1.165, 1.54) is 5.56 Å². The number of hydrogen-bond donors (Lipinski definition) is 0. The molecule has 1 rings (SSSR count). The van der Waals surface area contributed by atoms with E-state index in [1.54, 1.807) is 11.8 Å². The first kappa shape index (κ1) is 11.3. The van der Waals surface area contributed by atoms with Crippen LogP contribution in [0, 0.1) is 0 Å². The molecule has 1 aromatic rings. The average molecular weight is 208 g/mol.